The maximum Gasteiger partial charge on any atom is 0.313 e. The van der Waals surface area contributed by atoms with Gasteiger partial charge in [-0.25, -0.2) is 0 Å². The highest BCUT2D eigenvalue weighted by molar-refractivity contribution is 8.01. The molecule has 2 aromatic rings. The fourth-order valence-electron chi connectivity index (χ4n) is 1.03. The van der Waals surface area contributed by atoms with E-state index >= 15 is 0 Å². The molecular weight excluding hydrogens is 296 g/mol. The van der Waals surface area contributed by atoms with E-state index in [0.29, 0.717) is 16.0 Å². The lowest BCUT2D eigenvalue weighted by Gasteiger charge is -1.97. The summed E-state index contributed by atoms with van der Waals surface area (Å²) in [5.41, 5.74) is 0.778. The van der Waals surface area contributed by atoms with Crippen molar-refractivity contribution in [2.75, 3.05) is 11.1 Å². The average molecular weight is 304 g/mol. The number of aromatic nitrogens is 3. The van der Waals surface area contributed by atoms with Crippen LogP contribution in [-0.2, 0) is 11.3 Å². The van der Waals surface area contributed by atoms with Crippen LogP contribution in [-0.4, -0.2) is 32.0 Å². The number of carboxylic acids is 1. The molecule has 0 fully saturated rings. The molecule has 3 N–H and O–H groups in total. The molecular formula is C8H8N4O3S3. The summed E-state index contributed by atoms with van der Waals surface area (Å²) in [4.78, 5) is 23.9. The van der Waals surface area contributed by atoms with Gasteiger partial charge in [-0.1, -0.05) is 34.4 Å². The Morgan fingerprint density at radius 3 is 3.06 bits per heavy atom. The van der Waals surface area contributed by atoms with Gasteiger partial charge >= 0.3 is 10.8 Å². The van der Waals surface area contributed by atoms with E-state index in [9.17, 15) is 9.59 Å². The Morgan fingerprint density at radius 2 is 2.39 bits per heavy atom. The third-order valence-electron chi connectivity index (χ3n) is 1.73. The van der Waals surface area contributed by atoms with Crippen LogP contribution in [0.1, 0.15) is 5.69 Å². The first-order chi connectivity index (χ1) is 8.63. The van der Waals surface area contributed by atoms with Crippen molar-refractivity contribution in [3.05, 3.63) is 20.7 Å². The molecule has 0 amide bonds. The van der Waals surface area contributed by atoms with Crippen LogP contribution in [0.4, 0.5) is 5.13 Å². The number of aromatic amines is 1. The smallest absolute Gasteiger partial charge is 0.313 e. The first-order valence-corrected chi connectivity index (χ1v) is 7.40. The lowest BCUT2D eigenvalue weighted by atomic mass is 10.5. The molecule has 0 radical (unpaired) electrons. The summed E-state index contributed by atoms with van der Waals surface area (Å²) in [5.74, 6) is -0.924. The maximum atomic E-state index is 10.9. The van der Waals surface area contributed by atoms with Crippen molar-refractivity contribution in [2.45, 2.75) is 10.9 Å². The monoisotopic (exact) mass is 304 g/mol. The number of thioether (sulfide) groups is 1. The molecule has 0 saturated heterocycles. The predicted octanol–water partition coefficient (Wildman–Crippen LogP) is 1.08. The van der Waals surface area contributed by atoms with Gasteiger partial charge < -0.3 is 15.4 Å². The number of nitrogens with zero attached hydrogens (tertiary/aromatic N) is 2. The van der Waals surface area contributed by atoms with Crippen molar-refractivity contribution in [2.24, 2.45) is 0 Å². The Morgan fingerprint density at radius 1 is 1.56 bits per heavy atom. The fourth-order valence-corrected chi connectivity index (χ4v) is 3.08. The van der Waals surface area contributed by atoms with Crippen LogP contribution in [0, 0.1) is 0 Å². The Bertz CT molecular complexity index is 590. The van der Waals surface area contributed by atoms with Gasteiger partial charge in [0.05, 0.1) is 12.3 Å². The van der Waals surface area contributed by atoms with Gasteiger partial charge in [0, 0.05) is 11.1 Å². The molecule has 7 nitrogen and oxygen atoms in total. The summed E-state index contributed by atoms with van der Waals surface area (Å²) in [6.07, 6.45) is 0. The van der Waals surface area contributed by atoms with E-state index in [0.717, 1.165) is 28.8 Å². The fraction of sp³-hybridized carbons (Fsp3) is 0.250. The molecule has 18 heavy (non-hydrogen) atoms. The number of nitrogens with one attached hydrogen (secondary N) is 2. The number of anilines is 1. The molecule has 2 heterocycles. The van der Waals surface area contributed by atoms with Crippen LogP contribution in [0.2, 0.25) is 0 Å². The van der Waals surface area contributed by atoms with E-state index in [1.165, 1.54) is 11.3 Å². The lowest BCUT2D eigenvalue weighted by molar-refractivity contribution is -0.133. The van der Waals surface area contributed by atoms with Gasteiger partial charge in [0.2, 0.25) is 5.13 Å². The Kier molecular flexibility index (Phi) is 4.33. The van der Waals surface area contributed by atoms with E-state index in [-0.39, 0.29) is 10.6 Å². The zero-order chi connectivity index (χ0) is 13.0. The molecule has 0 bridgehead atoms. The van der Waals surface area contributed by atoms with Crippen molar-refractivity contribution < 1.29 is 9.90 Å². The van der Waals surface area contributed by atoms with Crippen molar-refractivity contribution in [3.63, 3.8) is 0 Å². The summed E-state index contributed by atoms with van der Waals surface area (Å²) in [5, 5.41) is 21.6. The number of carboxylic acid groups (broad SMARTS) is 1. The summed E-state index contributed by atoms with van der Waals surface area (Å²) >= 11 is 3.51. The second kappa shape index (κ2) is 5.98. The second-order valence-electron chi connectivity index (χ2n) is 3.08. The highest BCUT2D eigenvalue weighted by Crippen LogP contribution is 2.25. The zero-order valence-corrected chi connectivity index (χ0v) is 11.3. The SMILES string of the molecule is O=C(O)CSc1nnc(NCc2csc(=O)[nH]2)s1. The number of rotatable bonds is 6. The minimum Gasteiger partial charge on any atom is -0.481 e. The third kappa shape index (κ3) is 3.82. The topological polar surface area (TPSA) is 108 Å². The zero-order valence-electron chi connectivity index (χ0n) is 8.87. The summed E-state index contributed by atoms with van der Waals surface area (Å²) in [7, 11) is 0. The van der Waals surface area contributed by atoms with Gasteiger partial charge in [-0.3, -0.25) is 9.59 Å². The van der Waals surface area contributed by atoms with E-state index in [1.54, 1.807) is 5.38 Å². The molecule has 0 unspecified atom stereocenters. The maximum absolute atomic E-state index is 10.9. The second-order valence-corrected chi connectivity index (χ2v) is 6.12. The molecule has 2 aromatic heterocycles. The summed E-state index contributed by atoms with van der Waals surface area (Å²) in [6, 6.07) is 0. The highest BCUT2D eigenvalue weighted by atomic mass is 32.2. The minimum absolute atomic E-state index is 0.0352. The van der Waals surface area contributed by atoms with Crippen LogP contribution in [0.25, 0.3) is 0 Å². The number of thiazole rings is 1. The van der Waals surface area contributed by atoms with E-state index in [1.807, 2.05) is 0 Å². The molecule has 0 saturated carbocycles. The molecule has 0 spiro atoms. The summed E-state index contributed by atoms with van der Waals surface area (Å²) < 4.78 is 0.596. The van der Waals surface area contributed by atoms with Gasteiger partial charge in [-0.05, 0) is 0 Å². The average Bonchev–Trinajstić information content (AvgIpc) is 2.93. The van der Waals surface area contributed by atoms with Crippen molar-refractivity contribution in [1.29, 1.82) is 0 Å². The molecule has 10 heteroatoms. The molecule has 0 aliphatic carbocycles. The number of H-pyrrole nitrogens is 1. The van der Waals surface area contributed by atoms with Crippen LogP contribution in [0.5, 0.6) is 0 Å². The normalized spacial score (nSPS) is 10.4. The number of hydrogen-bond acceptors (Lipinski definition) is 8. The molecule has 2 rings (SSSR count). The Labute approximate surface area is 113 Å². The molecule has 0 aliphatic rings. The molecule has 96 valence electrons. The van der Waals surface area contributed by atoms with Crippen LogP contribution < -0.4 is 10.2 Å². The van der Waals surface area contributed by atoms with Gasteiger partial charge in [0.15, 0.2) is 4.34 Å². The Hall–Kier alpha value is -1.39. The largest absolute Gasteiger partial charge is 0.481 e. The standard InChI is InChI=1S/C8H8N4O3S3/c13-5(14)3-17-8-12-11-6(18-8)9-1-4-2-16-7(15)10-4/h2H,1,3H2,(H,9,11)(H,10,15)(H,13,14). The van der Waals surface area contributed by atoms with Crippen LogP contribution >= 0.6 is 34.4 Å². The van der Waals surface area contributed by atoms with E-state index in [2.05, 4.69) is 20.5 Å². The van der Waals surface area contributed by atoms with Crippen molar-refractivity contribution in [1.82, 2.24) is 15.2 Å². The number of hydrogen-bond donors (Lipinski definition) is 3. The number of carbonyl (C=O) groups is 1. The molecule has 0 atom stereocenters. The van der Waals surface area contributed by atoms with Gasteiger partial charge in [-0.2, -0.15) is 0 Å². The first kappa shape index (κ1) is 13.1. The van der Waals surface area contributed by atoms with E-state index in [4.69, 9.17) is 5.11 Å². The van der Waals surface area contributed by atoms with Crippen LogP contribution in [0.15, 0.2) is 14.5 Å². The van der Waals surface area contributed by atoms with Crippen molar-refractivity contribution in [3.8, 4) is 0 Å². The lowest BCUT2D eigenvalue weighted by Crippen LogP contribution is -2.02. The number of aliphatic carboxylic acids is 1. The third-order valence-corrected chi connectivity index (χ3v) is 4.44. The molecule has 0 aromatic carbocycles. The predicted molar refractivity (Wildman–Crippen MR) is 70.5 cm³/mol. The van der Waals surface area contributed by atoms with Crippen molar-refractivity contribution >= 4 is 45.5 Å². The summed E-state index contributed by atoms with van der Waals surface area (Å²) in [6.45, 7) is 0.455. The van der Waals surface area contributed by atoms with Gasteiger partial charge in [-0.15, -0.1) is 10.2 Å². The van der Waals surface area contributed by atoms with Gasteiger partial charge in [0.25, 0.3) is 0 Å². The highest BCUT2D eigenvalue weighted by Gasteiger charge is 2.07. The minimum atomic E-state index is -0.888. The molecule has 0 aliphatic heterocycles. The first-order valence-electron chi connectivity index (χ1n) is 4.72. The van der Waals surface area contributed by atoms with E-state index < -0.39 is 5.97 Å². The Balaban J connectivity index is 1.86. The van der Waals surface area contributed by atoms with Crippen LogP contribution in [0.3, 0.4) is 0 Å². The van der Waals surface area contributed by atoms with Gasteiger partial charge in [0.1, 0.15) is 0 Å². The quantitative estimate of drug-likeness (QED) is 0.685.